The Hall–Kier alpha value is -6.47. The lowest BCUT2D eigenvalue weighted by atomic mass is 9.49. The maximum atomic E-state index is 14.8. The smallest absolute Gasteiger partial charge is 0.264 e. The first-order chi connectivity index (χ1) is 34.5. The topological polar surface area (TPSA) is 137 Å². The number of carbonyl (C=O) groups is 2. The van der Waals surface area contributed by atoms with E-state index in [1.54, 1.807) is 55.3 Å². The predicted octanol–water partition coefficient (Wildman–Crippen LogP) is 9.26. The van der Waals surface area contributed by atoms with Crippen LogP contribution < -0.4 is 24.6 Å². The lowest BCUT2D eigenvalue weighted by Crippen LogP contribution is -2.74. The van der Waals surface area contributed by atoms with Gasteiger partial charge in [-0.15, -0.1) is 0 Å². The third kappa shape index (κ3) is 9.18. The highest BCUT2D eigenvalue weighted by Crippen LogP contribution is 2.56. The Morgan fingerprint density at radius 2 is 1.67 bits per heavy atom. The number of nitrogens with one attached hydrogen (secondary N) is 1. The van der Waals surface area contributed by atoms with E-state index in [4.69, 9.17) is 14.6 Å². The summed E-state index contributed by atoms with van der Waals surface area (Å²) in [5, 5.41) is 22.4. The van der Waals surface area contributed by atoms with Gasteiger partial charge in [0.1, 0.15) is 23.7 Å². The van der Waals surface area contributed by atoms with Crippen LogP contribution in [-0.2, 0) is 31.2 Å². The van der Waals surface area contributed by atoms with Gasteiger partial charge in [0.25, 0.3) is 12.3 Å². The Balaban J connectivity index is 0.743. The third-order valence-electron chi connectivity index (χ3n) is 16.6. The Bertz CT molecular complexity index is 2850. The molecule has 2 saturated carbocycles. The van der Waals surface area contributed by atoms with E-state index in [0.717, 1.165) is 106 Å². The van der Waals surface area contributed by atoms with E-state index in [2.05, 4.69) is 75.7 Å². The highest BCUT2D eigenvalue weighted by atomic mass is 19.3. The highest BCUT2D eigenvalue weighted by molar-refractivity contribution is 5.95. The molecular formula is C56H68F2N10O4. The van der Waals surface area contributed by atoms with E-state index < -0.39 is 6.43 Å². The number of hydrogen-bond acceptors (Lipinski definition) is 10. The number of rotatable bonds is 12. The Morgan fingerprint density at radius 3 is 2.32 bits per heavy atom. The first-order valence-corrected chi connectivity index (χ1v) is 25.7. The van der Waals surface area contributed by atoms with Gasteiger partial charge in [0, 0.05) is 135 Å². The number of piperazine rings is 1. The number of aromatic nitrogens is 4. The molecule has 10 rings (SSSR count). The minimum Gasteiger partial charge on any atom is -0.495 e. The fraction of sp³-hybridized carbons (Fsp3) is 0.518. The molecule has 14 nitrogen and oxygen atoms in total. The first-order valence-electron chi connectivity index (χ1n) is 25.7. The van der Waals surface area contributed by atoms with Crippen LogP contribution >= 0.6 is 0 Å². The molecular weight excluding hydrogens is 915 g/mol. The van der Waals surface area contributed by atoms with Crippen molar-refractivity contribution in [2.45, 2.75) is 111 Å². The molecule has 1 saturated heterocycles. The molecule has 16 heteroatoms. The molecule has 5 heterocycles. The average molecular weight is 983 g/mol. The SMILES string of the molecule is COc1cc(OC2C(C)(C)C(NC(=O)c3ccc(N4CCN(CC5CCC(n6nc(N7CCCc8cc(-c9cnn(C)c9)c(C(F)F)cc87)c7c6CCN(C(C)=O)C7)CC5)CC4)cc3)C2(C)C)ccc1C#N. The fourth-order valence-electron chi connectivity index (χ4n) is 13.0. The maximum absolute atomic E-state index is 14.8. The van der Waals surface area contributed by atoms with Gasteiger partial charge in [-0.2, -0.15) is 15.5 Å². The number of amides is 2. The van der Waals surface area contributed by atoms with Crippen LogP contribution in [0, 0.1) is 28.1 Å². The van der Waals surface area contributed by atoms with Gasteiger partial charge < -0.3 is 29.5 Å². The van der Waals surface area contributed by atoms with Crippen LogP contribution in [0.15, 0.2) is 67.0 Å². The number of nitriles is 1. The Morgan fingerprint density at radius 1 is 0.931 bits per heavy atom. The van der Waals surface area contributed by atoms with Gasteiger partial charge in [-0.3, -0.25) is 23.9 Å². The van der Waals surface area contributed by atoms with Crippen molar-refractivity contribution in [3.63, 3.8) is 0 Å². The quantitative estimate of drug-likeness (QED) is 0.129. The summed E-state index contributed by atoms with van der Waals surface area (Å²) in [4.78, 5) is 35.5. The van der Waals surface area contributed by atoms with Gasteiger partial charge in [-0.25, -0.2) is 8.78 Å². The monoisotopic (exact) mass is 983 g/mol. The molecule has 5 aliphatic rings. The minimum absolute atomic E-state index is 0.00703. The summed E-state index contributed by atoms with van der Waals surface area (Å²) in [7, 11) is 3.33. The van der Waals surface area contributed by atoms with Crippen molar-refractivity contribution < 1.29 is 27.8 Å². The number of carbonyl (C=O) groups excluding carboxylic acids is 2. The molecule has 2 amide bonds. The van der Waals surface area contributed by atoms with E-state index >= 15 is 0 Å². The van der Waals surface area contributed by atoms with Crippen molar-refractivity contribution in [2.24, 2.45) is 23.8 Å². The molecule has 2 aromatic heterocycles. The van der Waals surface area contributed by atoms with Crippen molar-refractivity contribution in [1.29, 1.82) is 5.26 Å². The number of hydrogen-bond donors (Lipinski definition) is 1. The van der Waals surface area contributed by atoms with Crippen molar-refractivity contribution in [3.8, 4) is 28.7 Å². The average Bonchev–Trinajstić information content (AvgIpc) is 4.00. The summed E-state index contributed by atoms with van der Waals surface area (Å²) >= 11 is 0. The Labute approximate surface area is 421 Å². The van der Waals surface area contributed by atoms with E-state index in [1.165, 1.54) is 12.8 Å². The van der Waals surface area contributed by atoms with Crippen LogP contribution in [0.1, 0.15) is 117 Å². The normalized spacial score (nSPS) is 22.7. The molecule has 72 heavy (non-hydrogen) atoms. The van der Waals surface area contributed by atoms with Crippen LogP contribution in [0.4, 0.5) is 26.0 Å². The summed E-state index contributed by atoms with van der Waals surface area (Å²) in [6, 6.07) is 19.1. The number of anilines is 3. The fourth-order valence-corrected chi connectivity index (χ4v) is 13.0. The summed E-state index contributed by atoms with van der Waals surface area (Å²) in [6.07, 6.45) is 7.23. The lowest BCUT2D eigenvalue weighted by Gasteiger charge is -2.63. The number of aryl methyl sites for hydroxylation is 2. The summed E-state index contributed by atoms with van der Waals surface area (Å²) in [5.41, 5.74) is 6.70. The number of halogens is 2. The van der Waals surface area contributed by atoms with Crippen molar-refractivity contribution in [1.82, 2.24) is 34.7 Å². The molecule has 380 valence electrons. The second kappa shape index (κ2) is 19.5. The highest BCUT2D eigenvalue weighted by Gasteiger charge is 2.64. The van der Waals surface area contributed by atoms with Crippen molar-refractivity contribution >= 4 is 29.0 Å². The number of nitrogens with zero attached hydrogens (tertiary/aromatic N) is 9. The third-order valence-corrected chi connectivity index (χ3v) is 16.6. The molecule has 3 aliphatic heterocycles. The van der Waals surface area contributed by atoms with Crippen LogP contribution in [-0.4, -0.2) is 106 Å². The molecule has 0 bridgehead atoms. The molecule has 3 aromatic carbocycles. The van der Waals surface area contributed by atoms with Gasteiger partial charge >= 0.3 is 0 Å². The van der Waals surface area contributed by atoms with E-state index in [0.29, 0.717) is 59.3 Å². The van der Waals surface area contributed by atoms with Gasteiger partial charge in [-0.05, 0) is 104 Å². The van der Waals surface area contributed by atoms with Gasteiger partial charge in [-0.1, -0.05) is 27.7 Å². The van der Waals surface area contributed by atoms with Crippen molar-refractivity contribution in [2.75, 3.05) is 62.7 Å². The molecule has 2 aliphatic carbocycles. The molecule has 0 radical (unpaired) electrons. The molecule has 5 aromatic rings. The van der Waals surface area contributed by atoms with Crippen LogP contribution in [0.25, 0.3) is 11.1 Å². The minimum atomic E-state index is -2.65. The van der Waals surface area contributed by atoms with Crippen LogP contribution in [0.5, 0.6) is 11.5 Å². The lowest BCUT2D eigenvalue weighted by molar-refractivity contribution is -0.164. The van der Waals surface area contributed by atoms with E-state index in [1.807, 2.05) is 23.1 Å². The molecule has 0 atom stereocenters. The van der Waals surface area contributed by atoms with Crippen LogP contribution in [0.3, 0.4) is 0 Å². The zero-order chi connectivity index (χ0) is 50.6. The number of methoxy groups -OCH3 is 1. The number of ether oxygens (including phenoxy) is 2. The molecule has 0 spiro atoms. The largest absolute Gasteiger partial charge is 0.495 e. The molecule has 3 fully saturated rings. The Kier molecular flexibility index (Phi) is 13.3. The van der Waals surface area contributed by atoms with E-state index in [-0.39, 0.29) is 46.4 Å². The first kappa shape index (κ1) is 49.1. The van der Waals surface area contributed by atoms with E-state index in [9.17, 15) is 23.6 Å². The summed E-state index contributed by atoms with van der Waals surface area (Å²) in [6.45, 7) is 16.7. The number of alkyl halides is 2. The maximum Gasteiger partial charge on any atom is 0.264 e. The van der Waals surface area contributed by atoms with Gasteiger partial charge in [0.05, 0.1) is 31.5 Å². The molecule has 1 N–H and O–H groups in total. The molecule has 0 unspecified atom stereocenters. The summed E-state index contributed by atoms with van der Waals surface area (Å²) in [5.74, 6) is 2.41. The number of benzene rings is 3. The second-order valence-electron chi connectivity index (χ2n) is 21.9. The summed E-state index contributed by atoms with van der Waals surface area (Å²) < 4.78 is 45.4. The number of fused-ring (bicyclic) bond motifs is 2. The predicted molar refractivity (Wildman–Crippen MR) is 273 cm³/mol. The zero-order valence-electron chi connectivity index (χ0n) is 42.8. The second-order valence-corrected chi connectivity index (χ2v) is 21.9. The van der Waals surface area contributed by atoms with Crippen LogP contribution in [0.2, 0.25) is 0 Å². The zero-order valence-corrected chi connectivity index (χ0v) is 42.8. The van der Waals surface area contributed by atoms with Gasteiger partial charge in [0.2, 0.25) is 5.91 Å². The van der Waals surface area contributed by atoms with Crippen molar-refractivity contribution in [3.05, 3.63) is 101 Å². The standard InChI is InChI=1S/C56H68F2N10O4/c1-35(69)66-22-20-47-46(34-66)51(67-21-8-9-38-27-44(40-31-60-63(6)33-40)45(50(57)58)29-48(38)67)62-68(47)42-15-10-36(11-16-42)32-64-23-25-65(26-24-64)41-17-12-37(13-18-41)52(70)61-53-55(2,3)54(56(53,4)5)72-43-19-14-39(30-59)49(28-43)71-7/h12-14,17-19,27-29,31,33,36,42,50,53-54H,8-11,15-16,20-26,32,34H2,1-7H3,(H,61,70). The van der Waals surface area contributed by atoms with Gasteiger partial charge in [0.15, 0.2) is 5.82 Å².